The fourth-order valence-electron chi connectivity index (χ4n) is 1.75. The minimum absolute atomic E-state index is 0.583. The van der Waals surface area contributed by atoms with Crippen molar-refractivity contribution in [3.05, 3.63) is 29.5 Å². The molecular formula is C12H18N6. The van der Waals surface area contributed by atoms with Gasteiger partial charge in [-0.25, -0.2) is 0 Å². The van der Waals surface area contributed by atoms with Crippen LogP contribution in [0.3, 0.4) is 0 Å². The van der Waals surface area contributed by atoms with Gasteiger partial charge in [0.05, 0.1) is 35.5 Å². The molecule has 3 N–H and O–H groups in total. The number of rotatable bonds is 4. The molecule has 2 aromatic heterocycles. The Morgan fingerprint density at radius 3 is 2.67 bits per heavy atom. The fraction of sp³-hybridized carbons (Fsp3) is 0.417. The third-order valence-corrected chi connectivity index (χ3v) is 2.77. The van der Waals surface area contributed by atoms with Crippen molar-refractivity contribution in [2.75, 3.05) is 11.1 Å². The van der Waals surface area contributed by atoms with Crippen LogP contribution < -0.4 is 11.1 Å². The van der Waals surface area contributed by atoms with E-state index < -0.39 is 0 Å². The molecule has 0 radical (unpaired) electrons. The van der Waals surface area contributed by atoms with Crippen LogP contribution in [0.5, 0.6) is 0 Å². The van der Waals surface area contributed by atoms with Crippen molar-refractivity contribution in [1.29, 1.82) is 0 Å². The smallest absolute Gasteiger partial charge is 0.148 e. The summed E-state index contributed by atoms with van der Waals surface area (Å²) in [7, 11) is 1.87. The van der Waals surface area contributed by atoms with Gasteiger partial charge in [-0.2, -0.15) is 5.10 Å². The van der Waals surface area contributed by atoms with E-state index in [1.54, 1.807) is 17.1 Å². The van der Waals surface area contributed by atoms with Gasteiger partial charge < -0.3 is 11.1 Å². The number of nitrogens with two attached hydrogens (primary N) is 1. The zero-order valence-electron chi connectivity index (χ0n) is 10.9. The molecule has 0 aliphatic rings. The largest absolute Gasteiger partial charge is 0.394 e. The molecule has 2 aromatic rings. The summed E-state index contributed by atoms with van der Waals surface area (Å²) in [6, 6.07) is 0. The first-order valence-corrected chi connectivity index (χ1v) is 5.94. The van der Waals surface area contributed by atoms with Crippen molar-refractivity contribution >= 4 is 11.5 Å². The second kappa shape index (κ2) is 5.03. The van der Waals surface area contributed by atoms with Crippen molar-refractivity contribution in [2.45, 2.75) is 26.8 Å². The van der Waals surface area contributed by atoms with E-state index in [0.29, 0.717) is 12.2 Å². The van der Waals surface area contributed by atoms with Crippen LogP contribution in [0.25, 0.3) is 0 Å². The highest BCUT2D eigenvalue weighted by Gasteiger charge is 2.11. The topological polar surface area (TPSA) is 81.7 Å². The lowest BCUT2D eigenvalue weighted by Gasteiger charge is -2.07. The molecule has 0 atom stereocenters. The Balaban J connectivity index is 2.10. The van der Waals surface area contributed by atoms with E-state index in [0.717, 1.165) is 29.3 Å². The Labute approximate surface area is 106 Å². The van der Waals surface area contributed by atoms with Gasteiger partial charge in [0.25, 0.3) is 0 Å². The van der Waals surface area contributed by atoms with Crippen molar-refractivity contribution < 1.29 is 0 Å². The van der Waals surface area contributed by atoms with Crippen LogP contribution in [0.2, 0.25) is 0 Å². The van der Waals surface area contributed by atoms with E-state index in [-0.39, 0.29) is 0 Å². The van der Waals surface area contributed by atoms with Gasteiger partial charge in [0, 0.05) is 13.2 Å². The van der Waals surface area contributed by atoms with Gasteiger partial charge in [0.2, 0.25) is 0 Å². The molecule has 0 bridgehead atoms. The van der Waals surface area contributed by atoms with Gasteiger partial charge >= 0.3 is 0 Å². The molecule has 0 amide bonds. The third-order valence-electron chi connectivity index (χ3n) is 2.77. The number of hydrogen-bond donors (Lipinski definition) is 2. The van der Waals surface area contributed by atoms with Crippen molar-refractivity contribution in [3.8, 4) is 0 Å². The van der Waals surface area contributed by atoms with E-state index >= 15 is 0 Å². The van der Waals surface area contributed by atoms with Crippen LogP contribution >= 0.6 is 0 Å². The maximum atomic E-state index is 6.02. The van der Waals surface area contributed by atoms with Crippen molar-refractivity contribution in [1.82, 2.24) is 19.7 Å². The lowest BCUT2D eigenvalue weighted by Crippen LogP contribution is -2.08. The summed E-state index contributed by atoms with van der Waals surface area (Å²) in [6.07, 6.45) is 4.34. The highest BCUT2D eigenvalue weighted by Crippen LogP contribution is 2.22. The first-order valence-electron chi connectivity index (χ1n) is 5.94. The minimum Gasteiger partial charge on any atom is -0.394 e. The standard InChI is InChI=1S/C12H18N6/c1-4-10-11(13)12(18(3)17-10)16-7-9-6-14-8(2)5-15-9/h5-6,16H,4,7,13H2,1-3H3. The fourth-order valence-corrected chi connectivity index (χ4v) is 1.75. The lowest BCUT2D eigenvalue weighted by molar-refractivity contribution is 0.746. The number of aromatic nitrogens is 4. The third kappa shape index (κ3) is 2.42. The Morgan fingerprint density at radius 2 is 2.11 bits per heavy atom. The van der Waals surface area contributed by atoms with E-state index in [1.807, 2.05) is 20.9 Å². The Hall–Kier alpha value is -2.11. The zero-order chi connectivity index (χ0) is 13.1. The summed E-state index contributed by atoms with van der Waals surface area (Å²) >= 11 is 0. The van der Waals surface area contributed by atoms with Crippen molar-refractivity contribution in [3.63, 3.8) is 0 Å². The van der Waals surface area contributed by atoms with Crippen LogP contribution in [-0.2, 0) is 20.0 Å². The zero-order valence-corrected chi connectivity index (χ0v) is 10.9. The molecule has 0 fully saturated rings. The molecule has 18 heavy (non-hydrogen) atoms. The normalized spacial score (nSPS) is 10.6. The summed E-state index contributed by atoms with van der Waals surface area (Å²) in [5, 5.41) is 7.59. The molecule has 2 heterocycles. The highest BCUT2D eigenvalue weighted by molar-refractivity contribution is 5.64. The molecule has 0 aliphatic carbocycles. The van der Waals surface area contributed by atoms with Gasteiger partial charge in [-0.05, 0) is 13.3 Å². The SMILES string of the molecule is CCc1nn(C)c(NCc2cnc(C)cn2)c1N. The van der Waals surface area contributed by atoms with Gasteiger partial charge in [-0.3, -0.25) is 14.6 Å². The molecule has 6 heteroatoms. The quantitative estimate of drug-likeness (QED) is 0.849. The summed E-state index contributed by atoms with van der Waals surface area (Å²) < 4.78 is 1.76. The van der Waals surface area contributed by atoms with E-state index in [9.17, 15) is 0 Å². The molecule has 0 saturated carbocycles. The molecular weight excluding hydrogens is 228 g/mol. The van der Waals surface area contributed by atoms with E-state index in [2.05, 4.69) is 20.4 Å². The average molecular weight is 246 g/mol. The number of nitrogens with one attached hydrogen (secondary N) is 1. The summed E-state index contributed by atoms with van der Waals surface area (Å²) in [6.45, 7) is 4.53. The molecule has 0 aromatic carbocycles. The van der Waals surface area contributed by atoms with Crippen molar-refractivity contribution in [2.24, 2.45) is 7.05 Å². The molecule has 0 saturated heterocycles. The molecule has 2 rings (SSSR count). The average Bonchev–Trinajstić information content (AvgIpc) is 2.64. The highest BCUT2D eigenvalue weighted by atomic mass is 15.3. The number of aryl methyl sites for hydroxylation is 3. The minimum atomic E-state index is 0.583. The first-order chi connectivity index (χ1) is 8.61. The second-order valence-electron chi connectivity index (χ2n) is 4.19. The van der Waals surface area contributed by atoms with Crippen LogP contribution in [0.1, 0.15) is 24.0 Å². The van der Waals surface area contributed by atoms with Gasteiger partial charge in [-0.1, -0.05) is 6.92 Å². The first kappa shape index (κ1) is 12.3. The molecule has 6 nitrogen and oxygen atoms in total. The van der Waals surface area contributed by atoms with Crippen LogP contribution in [0.4, 0.5) is 11.5 Å². The van der Waals surface area contributed by atoms with E-state index in [1.165, 1.54) is 0 Å². The Bertz CT molecular complexity index is 528. The summed E-state index contributed by atoms with van der Waals surface area (Å²) in [5.74, 6) is 0.828. The number of nitrogens with zero attached hydrogens (tertiary/aromatic N) is 4. The Kier molecular flexibility index (Phi) is 3.45. The Morgan fingerprint density at radius 1 is 1.33 bits per heavy atom. The number of anilines is 2. The molecule has 0 spiro atoms. The summed E-state index contributed by atoms with van der Waals surface area (Å²) in [4.78, 5) is 8.49. The summed E-state index contributed by atoms with van der Waals surface area (Å²) in [5.41, 5.74) is 9.43. The van der Waals surface area contributed by atoms with Gasteiger partial charge in [0.1, 0.15) is 5.82 Å². The second-order valence-corrected chi connectivity index (χ2v) is 4.19. The number of hydrogen-bond acceptors (Lipinski definition) is 5. The molecule has 0 aliphatic heterocycles. The predicted octanol–water partition coefficient (Wildman–Crippen LogP) is 1.28. The van der Waals surface area contributed by atoms with Gasteiger partial charge in [0.15, 0.2) is 0 Å². The molecule has 0 unspecified atom stereocenters. The lowest BCUT2D eigenvalue weighted by atomic mass is 10.3. The van der Waals surface area contributed by atoms with E-state index in [4.69, 9.17) is 5.73 Å². The monoisotopic (exact) mass is 246 g/mol. The van der Waals surface area contributed by atoms with Crippen LogP contribution in [0.15, 0.2) is 12.4 Å². The van der Waals surface area contributed by atoms with Gasteiger partial charge in [-0.15, -0.1) is 0 Å². The predicted molar refractivity (Wildman–Crippen MR) is 71.1 cm³/mol. The number of nitrogen functional groups attached to an aromatic ring is 1. The van der Waals surface area contributed by atoms with Crippen LogP contribution in [0, 0.1) is 6.92 Å². The molecule has 96 valence electrons. The maximum absolute atomic E-state index is 6.02. The van der Waals surface area contributed by atoms with Crippen LogP contribution in [-0.4, -0.2) is 19.7 Å². The maximum Gasteiger partial charge on any atom is 0.148 e.